The highest BCUT2D eigenvalue weighted by atomic mass is 79.9. The number of fused-ring (bicyclic) bond motifs is 3. The first-order valence-corrected chi connectivity index (χ1v) is 15.6. The number of hydrogen-bond acceptors (Lipinski definition) is 4. The number of hydrogen-bond donors (Lipinski definition) is 2. The summed E-state index contributed by atoms with van der Waals surface area (Å²) in [5.74, 6) is 0. The fourth-order valence-corrected chi connectivity index (χ4v) is 8.40. The van der Waals surface area contributed by atoms with Gasteiger partial charge in [0.15, 0.2) is 9.84 Å². The molecule has 2 bridgehead atoms. The van der Waals surface area contributed by atoms with E-state index >= 15 is 0 Å². The summed E-state index contributed by atoms with van der Waals surface area (Å²) in [5.41, 5.74) is 2.41. The minimum absolute atomic E-state index is 0.0215. The SMILES string of the molecule is O=S(=O)(c1ccc(CCCCCCBr)cc1)[C@@H]1[C@@H](NCc2ccc3ccccc3c2)[C@@H]2CC[C@H]1N2. The lowest BCUT2D eigenvalue weighted by atomic mass is 9.94. The Labute approximate surface area is 217 Å². The second-order valence-electron chi connectivity index (χ2n) is 10.1. The summed E-state index contributed by atoms with van der Waals surface area (Å²) in [6, 6.07) is 22.6. The fraction of sp³-hybridized carbons (Fsp3) is 0.448. The Kier molecular flexibility index (Phi) is 7.92. The van der Waals surface area contributed by atoms with Crippen molar-refractivity contribution in [3.8, 4) is 0 Å². The molecule has 2 N–H and O–H groups in total. The third-order valence-corrected chi connectivity index (χ3v) is 10.5. The van der Waals surface area contributed by atoms with Crippen molar-refractivity contribution in [2.75, 3.05) is 5.33 Å². The first-order valence-electron chi connectivity index (χ1n) is 12.9. The molecule has 35 heavy (non-hydrogen) atoms. The van der Waals surface area contributed by atoms with Crippen LogP contribution in [0, 0.1) is 0 Å². The molecule has 0 spiro atoms. The highest BCUT2D eigenvalue weighted by Crippen LogP contribution is 2.36. The van der Waals surface area contributed by atoms with Crippen LogP contribution in [-0.4, -0.2) is 37.1 Å². The molecule has 2 fully saturated rings. The van der Waals surface area contributed by atoms with Gasteiger partial charge in [-0.25, -0.2) is 8.42 Å². The number of aryl methyl sites for hydroxylation is 1. The molecule has 0 radical (unpaired) electrons. The fourth-order valence-electron chi connectivity index (χ4n) is 5.85. The number of alkyl halides is 1. The molecule has 0 unspecified atom stereocenters. The number of sulfone groups is 1. The van der Waals surface area contributed by atoms with E-state index in [9.17, 15) is 8.42 Å². The van der Waals surface area contributed by atoms with Crippen LogP contribution >= 0.6 is 15.9 Å². The van der Waals surface area contributed by atoms with Gasteiger partial charge in [0.05, 0.1) is 10.1 Å². The summed E-state index contributed by atoms with van der Waals surface area (Å²) < 4.78 is 27.6. The number of halogens is 1. The molecular weight excluding hydrogens is 520 g/mol. The van der Waals surface area contributed by atoms with Crippen molar-refractivity contribution in [1.29, 1.82) is 0 Å². The molecule has 0 saturated carbocycles. The highest BCUT2D eigenvalue weighted by Gasteiger charge is 2.53. The number of benzene rings is 3. The molecule has 4 nitrogen and oxygen atoms in total. The van der Waals surface area contributed by atoms with Crippen molar-refractivity contribution >= 4 is 36.5 Å². The Balaban J connectivity index is 1.27. The van der Waals surface area contributed by atoms with Crippen LogP contribution in [-0.2, 0) is 22.8 Å². The molecule has 4 atom stereocenters. The summed E-state index contributed by atoms with van der Waals surface area (Å²) in [7, 11) is -3.44. The Morgan fingerprint density at radius 3 is 2.34 bits per heavy atom. The van der Waals surface area contributed by atoms with Gasteiger partial charge < -0.3 is 10.6 Å². The second kappa shape index (κ2) is 11.1. The van der Waals surface area contributed by atoms with Gasteiger partial charge in [0, 0.05) is 30.0 Å². The molecule has 3 aromatic carbocycles. The molecule has 2 saturated heterocycles. The van der Waals surface area contributed by atoms with E-state index in [0.29, 0.717) is 11.4 Å². The maximum atomic E-state index is 13.8. The standard InChI is InChI=1S/C29H35BrN2O2S/c30-18-6-2-1-3-7-21-11-14-25(15-12-21)35(33,34)29-27-17-16-26(32-27)28(29)31-20-22-10-13-23-8-4-5-9-24(23)19-22/h4-5,8-15,19,26-29,31-32H,1-3,6-7,16-18,20H2/t26-,27+,28-,29-/m0/s1. The molecule has 5 rings (SSSR count). The molecule has 0 aromatic heterocycles. The maximum Gasteiger partial charge on any atom is 0.184 e. The predicted molar refractivity (Wildman–Crippen MR) is 148 cm³/mol. The average molecular weight is 556 g/mol. The molecule has 0 amide bonds. The van der Waals surface area contributed by atoms with Crippen LogP contribution in [0.1, 0.15) is 49.7 Å². The van der Waals surface area contributed by atoms with Gasteiger partial charge in [-0.3, -0.25) is 0 Å². The first-order chi connectivity index (χ1) is 17.1. The van der Waals surface area contributed by atoms with E-state index in [-0.39, 0.29) is 18.1 Å². The normalized spacial score (nSPS) is 23.8. The molecular formula is C29H35BrN2O2S. The minimum Gasteiger partial charge on any atom is -0.308 e. The highest BCUT2D eigenvalue weighted by molar-refractivity contribution is 9.09. The van der Waals surface area contributed by atoms with Crippen LogP contribution in [0.2, 0.25) is 0 Å². The van der Waals surface area contributed by atoms with Crippen LogP contribution < -0.4 is 10.6 Å². The summed E-state index contributed by atoms with van der Waals surface area (Å²) in [6.07, 6.45) is 7.78. The average Bonchev–Trinajstić information content (AvgIpc) is 3.50. The van der Waals surface area contributed by atoms with Crippen molar-refractivity contribution < 1.29 is 8.42 Å². The quantitative estimate of drug-likeness (QED) is 0.233. The van der Waals surface area contributed by atoms with Crippen LogP contribution in [0.3, 0.4) is 0 Å². The van der Waals surface area contributed by atoms with E-state index in [1.807, 2.05) is 24.3 Å². The number of unbranched alkanes of at least 4 members (excludes halogenated alkanes) is 3. The zero-order valence-electron chi connectivity index (χ0n) is 20.1. The van der Waals surface area contributed by atoms with Crippen LogP contribution in [0.15, 0.2) is 71.6 Å². The molecule has 186 valence electrons. The van der Waals surface area contributed by atoms with E-state index < -0.39 is 15.1 Å². The first kappa shape index (κ1) is 24.9. The molecule has 2 aliphatic rings. The molecule has 2 heterocycles. The van der Waals surface area contributed by atoms with Crippen molar-refractivity contribution in [3.63, 3.8) is 0 Å². The van der Waals surface area contributed by atoms with Gasteiger partial charge in [0.2, 0.25) is 0 Å². The topological polar surface area (TPSA) is 58.2 Å². The van der Waals surface area contributed by atoms with Crippen LogP contribution in [0.25, 0.3) is 10.8 Å². The number of rotatable bonds is 11. The lowest BCUT2D eigenvalue weighted by molar-refractivity contribution is 0.409. The Bertz CT molecular complexity index is 1250. The Morgan fingerprint density at radius 1 is 0.829 bits per heavy atom. The summed E-state index contributed by atoms with van der Waals surface area (Å²) in [5, 5.41) is 10.3. The summed E-state index contributed by atoms with van der Waals surface area (Å²) >= 11 is 3.48. The van der Waals surface area contributed by atoms with Gasteiger partial charge in [-0.05, 0) is 72.2 Å². The predicted octanol–water partition coefficient (Wildman–Crippen LogP) is 5.77. The van der Waals surface area contributed by atoms with Gasteiger partial charge in [-0.1, -0.05) is 77.3 Å². The van der Waals surface area contributed by atoms with Crippen LogP contribution in [0.4, 0.5) is 0 Å². The zero-order chi connectivity index (χ0) is 24.3. The molecule has 0 aliphatic carbocycles. The molecule has 3 aromatic rings. The lowest BCUT2D eigenvalue weighted by Crippen LogP contribution is -2.50. The van der Waals surface area contributed by atoms with Gasteiger partial charge in [-0.2, -0.15) is 0 Å². The lowest BCUT2D eigenvalue weighted by Gasteiger charge is -2.30. The van der Waals surface area contributed by atoms with E-state index in [4.69, 9.17) is 0 Å². The van der Waals surface area contributed by atoms with Crippen molar-refractivity contribution in [3.05, 3.63) is 77.9 Å². The van der Waals surface area contributed by atoms with E-state index in [2.05, 4.69) is 69.0 Å². The van der Waals surface area contributed by atoms with Gasteiger partial charge in [0.1, 0.15) is 0 Å². The molecule has 2 aliphatic heterocycles. The zero-order valence-corrected chi connectivity index (χ0v) is 22.5. The third-order valence-electron chi connectivity index (χ3n) is 7.72. The van der Waals surface area contributed by atoms with Gasteiger partial charge in [-0.15, -0.1) is 0 Å². The van der Waals surface area contributed by atoms with E-state index in [0.717, 1.165) is 31.0 Å². The van der Waals surface area contributed by atoms with E-state index in [1.165, 1.54) is 41.2 Å². The second-order valence-corrected chi connectivity index (χ2v) is 13.0. The van der Waals surface area contributed by atoms with Crippen molar-refractivity contribution in [2.45, 2.75) is 79.8 Å². The largest absolute Gasteiger partial charge is 0.308 e. The van der Waals surface area contributed by atoms with Crippen molar-refractivity contribution in [2.24, 2.45) is 0 Å². The smallest absolute Gasteiger partial charge is 0.184 e. The maximum absolute atomic E-state index is 13.8. The monoisotopic (exact) mass is 554 g/mol. The van der Waals surface area contributed by atoms with Gasteiger partial charge >= 0.3 is 0 Å². The van der Waals surface area contributed by atoms with Crippen molar-refractivity contribution in [1.82, 2.24) is 10.6 Å². The minimum atomic E-state index is -3.44. The van der Waals surface area contributed by atoms with Crippen LogP contribution in [0.5, 0.6) is 0 Å². The third kappa shape index (κ3) is 5.51. The molecule has 6 heteroatoms. The van der Waals surface area contributed by atoms with Gasteiger partial charge in [0.25, 0.3) is 0 Å². The summed E-state index contributed by atoms with van der Waals surface area (Å²) in [6.45, 7) is 0.667. The summed E-state index contributed by atoms with van der Waals surface area (Å²) in [4.78, 5) is 0.456. The van der Waals surface area contributed by atoms with E-state index in [1.54, 1.807) is 0 Å². The Morgan fingerprint density at radius 2 is 1.54 bits per heavy atom. The number of nitrogens with one attached hydrogen (secondary N) is 2. The Hall–Kier alpha value is -1.73.